The van der Waals surface area contributed by atoms with Crippen molar-refractivity contribution in [3.05, 3.63) is 11.9 Å². The fraction of sp³-hybridized carbons (Fsp3) is 0.727. The van der Waals surface area contributed by atoms with Gasteiger partial charge in [0.25, 0.3) is 0 Å². The molecule has 1 aromatic rings. The SMILES string of the molecule is CCCCn1cc(C)nc1NCCOC. The third-order valence-corrected chi connectivity index (χ3v) is 2.24. The summed E-state index contributed by atoms with van der Waals surface area (Å²) in [6, 6.07) is 0. The summed E-state index contributed by atoms with van der Waals surface area (Å²) in [4.78, 5) is 4.43. The second kappa shape index (κ2) is 6.45. The normalized spacial score (nSPS) is 10.6. The lowest BCUT2D eigenvalue weighted by molar-refractivity contribution is 0.210. The van der Waals surface area contributed by atoms with Gasteiger partial charge in [0.05, 0.1) is 12.3 Å². The molecule has 0 atom stereocenters. The molecule has 15 heavy (non-hydrogen) atoms. The Labute approximate surface area is 91.7 Å². The topological polar surface area (TPSA) is 39.1 Å². The Morgan fingerprint density at radius 1 is 1.53 bits per heavy atom. The first-order valence-corrected chi connectivity index (χ1v) is 5.54. The maximum absolute atomic E-state index is 4.99. The molecule has 0 aromatic carbocycles. The van der Waals surface area contributed by atoms with Crippen molar-refractivity contribution in [3.63, 3.8) is 0 Å². The van der Waals surface area contributed by atoms with Crippen molar-refractivity contribution in [2.45, 2.75) is 33.2 Å². The number of nitrogens with zero attached hydrogens (tertiary/aromatic N) is 2. The van der Waals surface area contributed by atoms with E-state index in [0.29, 0.717) is 6.61 Å². The zero-order chi connectivity index (χ0) is 11.1. The minimum absolute atomic E-state index is 0.708. The largest absolute Gasteiger partial charge is 0.383 e. The fourth-order valence-corrected chi connectivity index (χ4v) is 1.45. The first-order valence-electron chi connectivity index (χ1n) is 5.54. The number of rotatable bonds is 7. The van der Waals surface area contributed by atoms with E-state index < -0.39 is 0 Å². The zero-order valence-electron chi connectivity index (χ0n) is 9.92. The van der Waals surface area contributed by atoms with Crippen LogP contribution in [-0.2, 0) is 11.3 Å². The number of imidazole rings is 1. The van der Waals surface area contributed by atoms with Gasteiger partial charge in [-0.05, 0) is 13.3 Å². The van der Waals surface area contributed by atoms with Crippen molar-refractivity contribution in [2.75, 3.05) is 25.6 Å². The summed E-state index contributed by atoms with van der Waals surface area (Å²) >= 11 is 0. The van der Waals surface area contributed by atoms with Gasteiger partial charge in [-0.2, -0.15) is 0 Å². The van der Waals surface area contributed by atoms with Crippen LogP contribution in [0.25, 0.3) is 0 Å². The number of aromatic nitrogens is 2. The Morgan fingerprint density at radius 2 is 2.33 bits per heavy atom. The van der Waals surface area contributed by atoms with Crippen LogP contribution in [0.15, 0.2) is 6.20 Å². The van der Waals surface area contributed by atoms with Crippen LogP contribution < -0.4 is 5.32 Å². The first-order chi connectivity index (χ1) is 7.27. The lowest BCUT2D eigenvalue weighted by Gasteiger charge is -2.08. The van der Waals surface area contributed by atoms with Crippen molar-refractivity contribution in [1.29, 1.82) is 0 Å². The lowest BCUT2D eigenvalue weighted by atomic mass is 10.3. The van der Waals surface area contributed by atoms with Gasteiger partial charge >= 0.3 is 0 Å². The van der Waals surface area contributed by atoms with E-state index >= 15 is 0 Å². The van der Waals surface area contributed by atoms with Crippen molar-refractivity contribution >= 4 is 5.95 Å². The number of hydrogen-bond acceptors (Lipinski definition) is 3. The van der Waals surface area contributed by atoms with Gasteiger partial charge in [0.15, 0.2) is 0 Å². The van der Waals surface area contributed by atoms with E-state index in [1.54, 1.807) is 7.11 Å². The molecule has 0 spiro atoms. The van der Waals surface area contributed by atoms with E-state index in [1.807, 2.05) is 6.92 Å². The summed E-state index contributed by atoms with van der Waals surface area (Å²) in [5.41, 5.74) is 1.06. The maximum Gasteiger partial charge on any atom is 0.203 e. The van der Waals surface area contributed by atoms with Crippen LogP contribution >= 0.6 is 0 Å². The number of unbranched alkanes of at least 4 members (excludes halogenated alkanes) is 1. The molecule has 0 radical (unpaired) electrons. The van der Waals surface area contributed by atoms with E-state index in [1.165, 1.54) is 12.8 Å². The second-order valence-electron chi connectivity index (χ2n) is 3.67. The highest BCUT2D eigenvalue weighted by Gasteiger charge is 2.03. The number of anilines is 1. The second-order valence-corrected chi connectivity index (χ2v) is 3.67. The number of nitrogens with one attached hydrogen (secondary N) is 1. The summed E-state index contributed by atoms with van der Waals surface area (Å²) in [7, 11) is 1.70. The molecule has 86 valence electrons. The molecule has 4 nitrogen and oxygen atoms in total. The van der Waals surface area contributed by atoms with Crippen LogP contribution in [0.1, 0.15) is 25.5 Å². The zero-order valence-corrected chi connectivity index (χ0v) is 9.92. The van der Waals surface area contributed by atoms with E-state index in [9.17, 15) is 0 Å². The van der Waals surface area contributed by atoms with E-state index in [-0.39, 0.29) is 0 Å². The number of aryl methyl sites for hydroxylation is 2. The Kier molecular flexibility index (Phi) is 5.18. The van der Waals surface area contributed by atoms with Gasteiger partial charge in [0, 0.05) is 26.4 Å². The van der Waals surface area contributed by atoms with E-state index in [0.717, 1.165) is 24.7 Å². The summed E-state index contributed by atoms with van der Waals surface area (Å²) in [5.74, 6) is 0.956. The average molecular weight is 211 g/mol. The van der Waals surface area contributed by atoms with Crippen LogP contribution in [0, 0.1) is 6.92 Å². The predicted octanol–water partition coefficient (Wildman–Crippen LogP) is 2.05. The van der Waals surface area contributed by atoms with Gasteiger partial charge in [0.2, 0.25) is 5.95 Å². The Morgan fingerprint density at radius 3 is 3.00 bits per heavy atom. The molecule has 0 saturated carbocycles. The van der Waals surface area contributed by atoms with Gasteiger partial charge in [-0.3, -0.25) is 0 Å². The number of methoxy groups -OCH3 is 1. The molecule has 1 heterocycles. The van der Waals surface area contributed by atoms with Crippen molar-refractivity contribution in [3.8, 4) is 0 Å². The predicted molar refractivity (Wildman–Crippen MR) is 62.2 cm³/mol. The third-order valence-electron chi connectivity index (χ3n) is 2.24. The van der Waals surface area contributed by atoms with Gasteiger partial charge in [-0.25, -0.2) is 4.98 Å². The Balaban J connectivity index is 2.51. The minimum atomic E-state index is 0.708. The van der Waals surface area contributed by atoms with Gasteiger partial charge in [-0.1, -0.05) is 13.3 Å². The highest BCUT2D eigenvalue weighted by atomic mass is 16.5. The molecule has 1 aromatic heterocycles. The van der Waals surface area contributed by atoms with Crippen LogP contribution in [0.5, 0.6) is 0 Å². The first kappa shape index (κ1) is 12.0. The van der Waals surface area contributed by atoms with Crippen molar-refractivity contribution in [2.24, 2.45) is 0 Å². The highest BCUT2D eigenvalue weighted by Crippen LogP contribution is 2.09. The monoisotopic (exact) mass is 211 g/mol. The van der Waals surface area contributed by atoms with Gasteiger partial charge < -0.3 is 14.6 Å². The number of ether oxygens (including phenoxy) is 1. The van der Waals surface area contributed by atoms with Crippen LogP contribution in [-0.4, -0.2) is 29.8 Å². The van der Waals surface area contributed by atoms with Crippen molar-refractivity contribution < 1.29 is 4.74 Å². The molecule has 0 unspecified atom stereocenters. The summed E-state index contributed by atoms with van der Waals surface area (Å²) in [5, 5.41) is 3.27. The molecule has 0 bridgehead atoms. The molecule has 0 saturated heterocycles. The average Bonchev–Trinajstić information content (AvgIpc) is 2.56. The summed E-state index contributed by atoms with van der Waals surface area (Å²) < 4.78 is 7.17. The standard InChI is InChI=1S/C11H21N3O/c1-4-5-7-14-9-10(2)13-11(14)12-6-8-15-3/h9H,4-8H2,1-3H3,(H,12,13). The van der Waals surface area contributed by atoms with Crippen LogP contribution in [0.4, 0.5) is 5.95 Å². The fourth-order valence-electron chi connectivity index (χ4n) is 1.45. The molecule has 0 amide bonds. The lowest BCUT2D eigenvalue weighted by Crippen LogP contribution is -2.12. The van der Waals surface area contributed by atoms with Gasteiger partial charge in [-0.15, -0.1) is 0 Å². The molecule has 1 N–H and O–H groups in total. The maximum atomic E-state index is 4.99. The minimum Gasteiger partial charge on any atom is -0.383 e. The highest BCUT2D eigenvalue weighted by molar-refractivity contribution is 5.28. The molecule has 0 aliphatic rings. The Bertz CT molecular complexity index is 283. The molecular weight excluding hydrogens is 190 g/mol. The summed E-state index contributed by atoms with van der Waals surface area (Å²) in [6.45, 7) is 6.76. The Hall–Kier alpha value is -1.03. The molecular formula is C11H21N3O. The van der Waals surface area contributed by atoms with Crippen molar-refractivity contribution in [1.82, 2.24) is 9.55 Å². The number of hydrogen-bond donors (Lipinski definition) is 1. The van der Waals surface area contributed by atoms with E-state index in [2.05, 4.69) is 28.0 Å². The molecule has 0 fully saturated rings. The molecule has 1 rings (SSSR count). The summed E-state index contributed by atoms with van der Waals surface area (Å²) in [6.07, 6.45) is 4.48. The quantitative estimate of drug-likeness (QED) is 0.702. The van der Waals surface area contributed by atoms with E-state index in [4.69, 9.17) is 4.74 Å². The third kappa shape index (κ3) is 3.91. The molecule has 4 heteroatoms. The van der Waals surface area contributed by atoms with Crippen LogP contribution in [0.2, 0.25) is 0 Å². The van der Waals surface area contributed by atoms with Gasteiger partial charge in [0.1, 0.15) is 0 Å². The smallest absolute Gasteiger partial charge is 0.203 e. The van der Waals surface area contributed by atoms with Crippen LogP contribution in [0.3, 0.4) is 0 Å². The molecule has 0 aliphatic carbocycles. The molecule has 0 aliphatic heterocycles.